The molecule has 156 valence electrons. The third-order valence-corrected chi connectivity index (χ3v) is 6.57. The number of thiophene rings is 1. The van der Waals surface area contributed by atoms with Crippen LogP contribution < -0.4 is 5.73 Å². The molecule has 2 N–H and O–H groups in total. The van der Waals surface area contributed by atoms with Crippen LogP contribution in [0.4, 0.5) is 5.69 Å². The average Bonchev–Trinajstić information content (AvgIpc) is 3.20. The molecule has 0 saturated heterocycles. The highest BCUT2D eigenvalue weighted by Gasteiger charge is 2.19. The number of methoxy groups -OCH3 is 1. The molecule has 0 unspecified atom stereocenters. The number of rotatable bonds is 4. The Bertz CT molecular complexity index is 1410. The van der Waals surface area contributed by atoms with Gasteiger partial charge in [-0.15, -0.1) is 11.3 Å². The van der Waals surface area contributed by atoms with E-state index in [9.17, 15) is 4.79 Å². The minimum absolute atomic E-state index is 0.360. The van der Waals surface area contributed by atoms with Crippen molar-refractivity contribution in [1.29, 1.82) is 0 Å². The van der Waals surface area contributed by atoms with E-state index in [1.807, 2.05) is 48.5 Å². The first-order chi connectivity index (χ1) is 15.7. The fourth-order valence-corrected chi connectivity index (χ4v) is 4.94. The Balaban J connectivity index is 1.72. The molecule has 32 heavy (non-hydrogen) atoms. The van der Waals surface area contributed by atoms with Gasteiger partial charge in [0.1, 0.15) is 4.83 Å². The first kappa shape index (κ1) is 20.0. The molecule has 2 heterocycles. The number of carbonyl (C=O) groups is 1. The van der Waals surface area contributed by atoms with Crippen LogP contribution in [0.25, 0.3) is 43.0 Å². The summed E-state index contributed by atoms with van der Waals surface area (Å²) >= 11 is 1.56. The van der Waals surface area contributed by atoms with E-state index in [0.717, 1.165) is 43.0 Å². The van der Waals surface area contributed by atoms with Gasteiger partial charge < -0.3 is 10.5 Å². The topological polar surface area (TPSA) is 65.2 Å². The highest BCUT2D eigenvalue weighted by molar-refractivity contribution is 7.22. The summed E-state index contributed by atoms with van der Waals surface area (Å²) in [7, 11) is 1.38. The second-order valence-electron chi connectivity index (χ2n) is 7.38. The van der Waals surface area contributed by atoms with Gasteiger partial charge in [-0.3, -0.25) is 0 Å². The summed E-state index contributed by atoms with van der Waals surface area (Å²) in [4.78, 5) is 18.6. The Kier molecular flexibility index (Phi) is 5.17. The fraction of sp³-hybridized carbons (Fsp3) is 0.0370. The van der Waals surface area contributed by atoms with E-state index in [-0.39, 0.29) is 5.97 Å². The number of carbonyl (C=O) groups excluding carboxylic acids is 1. The van der Waals surface area contributed by atoms with E-state index in [2.05, 4.69) is 30.3 Å². The van der Waals surface area contributed by atoms with Crippen LogP contribution in [0, 0.1) is 0 Å². The van der Waals surface area contributed by atoms with Gasteiger partial charge in [0.2, 0.25) is 0 Å². The number of fused-ring (bicyclic) bond motifs is 1. The van der Waals surface area contributed by atoms with Crippen molar-refractivity contribution in [1.82, 2.24) is 4.98 Å². The zero-order valence-corrected chi connectivity index (χ0v) is 18.2. The predicted molar refractivity (Wildman–Crippen MR) is 132 cm³/mol. The number of pyridine rings is 1. The maximum Gasteiger partial charge on any atom is 0.337 e. The minimum atomic E-state index is -0.360. The van der Waals surface area contributed by atoms with Gasteiger partial charge in [-0.1, -0.05) is 72.8 Å². The molecule has 4 nitrogen and oxygen atoms in total. The summed E-state index contributed by atoms with van der Waals surface area (Å²) in [6, 6.07) is 29.8. The third kappa shape index (κ3) is 3.53. The molecule has 5 rings (SSSR count). The number of ether oxygens (including phenoxy) is 1. The van der Waals surface area contributed by atoms with Crippen LogP contribution in [-0.4, -0.2) is 18.1 Å². The fourth-order valence-electron chi connectivity index (χ4n) is 3.81. The van der Waals surface area contributed by atoms with Crippen LogP contribution in [0.5, 0.6) is 0 Å². The lowest BCUT2D eigenvalue weighted by Crippen LogP contribution is -2.00. The van der Waals surface area contributed by atoms with Crippen LogP contribution >= 0.6 is 11.3 Å². The Morgan fingerprint density at radius 2 is 1.47 bits per heavy atom. The maximum atomic E-state index is 11.8. The molecule has 0 bridgehead atoms. The summed E-state index contributed by atoms with van der Waals surface area (Å²) in [5, 5.41) is 0.952. The molecule has 0 atom stereocenters. The molecule has 0 fully saturated rings. The molecule has 3 aromatic carbocycles. The highest BCUT2D eigenvalue weighted by atomic mass is 32.1. The van der Waals surface area contributed by atoms with Crippen molar-refractivity contribution in [2.75, 3.05) is 12.8 Å². The lowest BCUT2D eigenvalue weighted by Gasteiger charge is -2.09. The lowest BCUT2D eigenvalue weighted by atomic mass is 9.99. The normalized spacial score (nSPS) is 10.9. The van der Waals surface area contributed by atoms with Crippen molar-refractivity contribution < 1.29 is 9.53 Å². The molecule has 0 aliphatic rings. The summed E-state index contributed by atoms with van der Waals surface area (Å²) in [6.45, 7) is 0. The summed E-state index contributed by atoms with van der Waals surface area (Å²) in [5.74, 6) is -0.360. The predicted octanol–water partition coefficient (Wildman–Crippen LogP) is 6.67. The number of hydrogen-bond acceptors (Lipinski definition) is 5. The first-order valence-electron chi connectivity index (χ1n) is 10.2. The second-order valence-corrected chi connectivity index (χ2v) is 8.38. The van der Waals surface area contributed by atoms with Gasteiger partial charge >= 0.3 is 5.97 Å². The number of anilines is 1. The van der Waals surface area contributed by atoms with Gasteiger partial charge in [0, 0.05) is 10.9 Å². The highest BCUT2D eigenvalue weighted by Crippen LogP contribution is 2.45. The van der Waals surface area contributed by atoms with Gasteiger partial charge in [0.15, 0.2) is 0 Å². The van der Waals surface area contributed by atoms with E-state index < -0.39 is 0 Å². The van der Waals surface area contributed by atoms with Crippen LogP contribution in [0.2, 0.25) is 0 Å². The van der Waals surface area contributed by atoms with E-state index in [0.29, 0.717) is 11.3 Å². The first-order valence-corrected chi connectivity index (χ1v) is 11.0. The molecular weight excluding hydrogens is 416 g/mol. The van der Waals surface area contributed by atoms with Gasteiger partial charge in [-0.2, -0.15) is 0 Å². The number of benzene rings is 3. The summed E-state index contributed by atoms with van der Waals surface area (Å²) in [5.41, 5.74) is 13.0. The molecule has 0 spiro atoms. The maximum absolute atomic E-state index is 11.8. The van der Waals surface area contributed by atoms with Gasteiger partial charge in [0.25, 0.3) is 0 Å². The number of hydrogen-bond donors (Lipinski definition) is 1. The molecule has 0 radical (unpaired) electrons. The molecule has 0 aliphatic carbocycles. The zero-order valence-electron chi connectivity index (χ0n) is 17.4. The van der Waals surface area contributed by atoms with Crippen LogP contribution in [0.15, 0.2) is 91.0 Å². The van der Waals surface area contributed by atoms with Crippen molar-refractivity contribution in [2.45, 2.75) is 0 Å². The molecule has 2 aromatic heterocycles. The van der Waals surface area contributed by atoms with Crippen molar-refractivity contribution in [3.05, 3.63) is 96.6 Å². The second kappa shape index (κ2) is 8.29. The SMILES string of the molecule is COC(=O)c1ccc(-c2sc3nc(-c4ccccc4)cc(-c4ccccc4)c3c2N)cc1. The molecule has 0 saturated carbocycles. The third-order valence-electron chi connectivity index (χ3n) is 5.42. The number of esters is 1. The van der Waals surface area contributed by atoms with Crippen molar-refractivity contribution in [2.24, 2.45) is 0 Å². The van der Waals surface area contributed by atoms with Crippen LogP contribution in [-0.2, 0) is 4.74 Å². The van der Waals surface area contributed by atoms with Crippen LogP contribution in [0.3, 0.4) is 0 Å². The van der Waals surface area contributed by atoms with Crippen molar-refractivity contribution in [3.63, 3.8) is 0 Å². The average molecular weight is 437 g/mol. The quantitative estimate of drug-likeness (QED) is 0.320. The van der Waals surface area contributed by atoms with Gasteiger partial charge in [-0.25, -0.2) is 9.78 Å². The minimum Gasteiger partial charge on any atom is -0.465 e. The lowest BCUT2D eigenvalue weighted by molar-refractivity contribution is 0.0601. The summed E-state index contributed by atoms with van der Waals surface area (Å²) < 4.78 is 4.80. The Labute approximate surface area is 189 Å². The van der Waals surface area contributed by atoms with E-state index in [4.69, 9.17) is 15.5 Å². The molecule has 0 aliphatic heterocycles. The number of nitrogens with zero attached hydrogens (tertiary/aromatic N) is 1. The molecule has 0 amide bonds. The largest absolute Gasteiger partial charge is 0.465 e. The van der Waals surface area contributed by atoms with Gasteiger partial charge in [-0.05, 0) is 34.9 Å². The van der Waals surface area contributed by atoms with E-state index in [1.165, 1.54) is 7.11 Å². The number of nitrogen functional groups attached to an aromatic ring is 1. The zero-order chi connectivity index (χ0) is 22.1. The smallest absolute Gasteiger partial charge is 0.337 e. The van der Waals surface area contributed by atoms with Crippen molar-refractivity contribution >= 4 is 33.2 Å². The summed E-state index contributed by atoms with van der Waals surface area (Å²) in [6.07, 6.45) is 0. The van der Waals surface area contributed by atoms with E-state index in [1.54, 1.807) is 23.5 Å². The van der Waals surface area contributed by atoms with Crippen molar-refractivity contribution in [3.8, 4) is 32.8 Å². The Morgan fingerprint density at radius 1 is 0.844 bits per heavy atom. The standard InChI is InChI=1S/C27H20N2O2S/c1-31-27(30)20-14-12-19(13-15-20)25-24(28)23-21(17-8-4-2-5-9-17)16-22(29-26(23)32-25)18-10-6-3-7-11-18/h2-16H,28H2,1H3. The molecule has 5 aromatic rings. The molecular formula is C27H20N2O2S. The Morgan fingerprint density at radius 3 is 2.09 bits per heavy atom. The molecule has 5 heteroatoms. The number of nitrogens with two attached hydrogens (primary N) is 1. The Hall–Kier alpha value is -3.96. The van der Waals surface area contributed by atoms with Gasteiger partial charge in [0.05, 0.1) is 28.9 Å². The van der Waals surface area contributed by atoms with E-state index >= 15 is 0 Å². The van der Waals surface area contributed by atoms with Crippen LogP contribution in [0.1, 0.15) is 10.4 Å². The number of aromatic nitrogens is 1. The monoisotopic (exact) mass is 436 g/mol.